The molecule has 0 saturated heterocycles. The van der Waals surface area contributed by atoms with Gasteiger partial charge in [0.1, 0.15) is 10.6 Å². The average Bonchev–Trinajstić information content (AvgIpc) is 3.22. The molecule has 0 atom stereocenters. The van der Waals surface area contributed by atoms with Crippen molar-refractivity contribution in [3.05, 3.63) is 29.3 Å². The fraction of sp³-hybridized carbons (Fsp3) is 0.375. The van der Waals surface area contributed by atoms with Gasteiger partial charge in [-0.15, -0.1) is 11.3 Å². The Balaban J connectivity index is 2.05. The number of hydrogen-bond donors (Lipinski definition) is 1. The van der Waals surface area contributed by atoms with Crippen LogP contribution in [0.2, 0.25) is 0 Å². The zero-order valence-electron chi connectivity index (χ0n) is 12.1. The van der Waals surface area contributed by atoms with Crippen LogP contribution >= 0.6 is 11.3 Å². The molecule has 1 heterocycles. The van der Waals surface area contributed by atoms with Gasteiger partial charge >= 0.3 is 5.97 Å². The number of rotatable bonds is 4. The van der Waals surface area contributed by atoms with E-state index in [1.165, 1.54) is 11.3 Å². The Morgan fingerprint density at radius 3 is 2.81 bits per heavy atom. The summed E-state index contributed by atoms with van der Waals surface area (Å²) in [6.07, 6.45) is 1.87. The zero-order valence-corrected chi connectivity index (χ0v) is 12.9. The molecule has 5 heteroatoms. The van der Waals surface area contributed by atoms with Gasteiger partial charge in [0, 0.05) is 16.0 Å². The molecule has 21 heavy (non-hydrogen) atoms. The van der Waals surface area contributed by atoms with E-state index in [2.05, 4.69) is 5.32 Å². The van der Waals surface area contributed by atoms with Gasteiger partial charge in [-0.1, -0.05) is 11.6 Å². The minimum atomic E-state index is -0.375. The third kappa shape index (κ3) is 2.78. The van der Waals surface area contributed by atoms with E-state index in [0.717, 1.165) is 28.5 Å². The minimum absolute atomic E-state index is 0.00354. The lowest BCUT2D eigenvalue weighted by Gasteiger charge is -2.06. The number of ether oxygens (including phenoxy) is 1. The van der Waals surface area contributed by atoms with Gasteiger partial charge in [-0.05, 0) is 38.8 Å². The molecular formula is C16H17NO3S. The molecule has 2 aromatic rings. The van der Waals surface area contributed by atoms with E-state index in [1.807, 2.05) is 25.1 Å². The summed E-state index contributed by atoms with van der Waals surface area (Å²) in [5, 5.41) is 4.35. The van der Waals surface area contributed by atoms with Crippen molar-refractivity contribution in [1.82, 2.24) is 0 Å². The number of aryl methyl sites for hydroxylation is 1. The average molecular weight is 303 g/mol. The van der Waals surface area contributed by atoms with Crippen molar-refractivity contribution in [2.75, 3.05) is 11.9 Å². The summed E-state index contributed by atoms with van der Waals surface area (Å²) in [6.45, 7) is 4.08. The Hall–Kier alpha value is -1.88. The Morgan fingerprint density at radius 2 is 2.14 bits per heavy atom. The van der Waals surface area contributed by atoms with Crippen LogP contribution < -0.4 is 5.32 Å². The van der Waals surface area contributed by atoms with Crippen molar-refractivity contribution in [3.63, 3.8) is 0 Å². The zero-order chi connectivity index (χ0) is 15.0. The standard InChI is InChI=1S/C16H17NO3S/c1-3-20-16(19)13-11-8-9(2)4-7-12(11)21-15(13)17-14(18)10-5-6-10/h4,7-8,10H,3,5-6H2,1-2H3,(H,17,18). The SMILES string of the molecule is CCOC(=O)c1c(NC(=O)C2CC2)sc2ccc(C)cc12. The van der Waals surface area contributed by atoms with Crippen molar-refractivity contribution in [3.8, 4) is 0 Å². The summed E-state index contributed by atoms with van der Waals surface area (Å²) in [6, 6.07) is 5.94. The van der Waals surface area contributed by atoms with E-state index < -0.39 is 0 Å². The topological polar surface area (TPSA) is 55.4 Å². The summed E-state index contributed by atoms with van der Waals surface area (Å²) in [5.41, 5.74) is 1.56. The van der Waals surface area contributed by atoms with Crippen LogP contribution in [0.3, 0.4) is 0 Å². The van der Waals surface area contributed by atoms with Crippen LogP contribution in [-0.2, 0) is 9.53 Å². The van der Waals surface area contributed by atoms with Gasteiger partial charge in [-0.2, -0.15) is 0 Å². The van der Waals surface area contributed by atoms with Gasteiger partial charge in [0.25, 0.3) is 0 Å². The van der Waals surface area contributed by atoms with Gasteiger partial charge in [-0.3, -0.25) is 4.79 Å². The maximum absolute atomic E-state index is 12.3. The normalized spacial score (nSPS) is 14.2. The summed E-state index contributed by atoms with van der Waals surface area (Å²) < 4.78 is 6.13. The molecule has 3 rings (SSSR count). The van der Waals surface area contributed by atoms with E-state index in [-0.39, 0.29) is 17.8 Å². The highest BCUT2D eigenvalue weighted by molar-refractivity contribution is 7.23. The van der Waals surface area contributed by atoms with Crippen LogP contribution in [0.4, 0.5) is 5.00 Å². The number of nitrogens with one attached hydrogen (secondary N) is 1. The molecule has 0 spiro atoms. The predicted octanol–water partition coefficient (Wildman–Crippen LogP) is 3.73. The van der Waals surface area contributed by atoms with E-state index in [1.54, 1.807) is 6.92 Å². The molecule has 1 amide bonds. The van der Waals surface area contributed by atoms with Gasteiger partial charge in [0.2, 0.25) is 5.91 Å². The lowest BCUT2D eigenvalue weighted by Crippen LogP contribution is -2.15. The number of fused-ring (bicyclic) bond motifs is 1. The van der Waals surface area contributed by atoms with E-state index in [0.29, 0.717) is 17.2 Å². The van der Waals surface area contributed by atoms with Crippen molar-refractivity contribution in [2.45, 2.75) is 26.7 Å². The fourth-order valence-electron chi connectivity index (χ4n) is 2.26. The number of benzene rings is 1. The molecule has 1 aromatic carbocycles. The lowest BCUT2D eigenvalue weighted by molar-refractivity contribution is -0.117. The molecule has 0 aliphatic heterocycles. The maximum Gasteiger partial charge on any atom is 0.341 e. The third-order valence-electron chi connectivity index (χ3n) is 3.51. The molecule has 1 aliphatic carbocycles. The second kappa shape index (κ2) is 5.48. The van der Waals surface area contributed by atoms with Crippen LogP contribution in [0, 0.1) is 12.8 Å². The second-order valence-corrected chi connectivity index (χ2v) is 6.34. The number of carbonyl (C=O) groups is 2. The van der Waals surface area contributed by atoms with Crippen molar-refractivity contribution >= 4 is 38.3 Å². The molecular weight excluding hydrogens is 286 g/mol. The Kier molecular flexibility index (Phi) is 3.68. The number of hydrogen-bond acceptors (Lipinski definition) is 4. The molecule has 1 aliphatic rings. The summed E-state index contributed by atoms with van der Waals surface area (Å²) in [7, 11) is 0. The summed E-state index contributed by atoms with van der Waals surface area (Å²) in [4.78, 5) is 24.2. The van der Waals surface area contributed by atoms with E-state index in [4.69, 9.17) is 4.74 Å². The van der Waals surface area contributed by atoms with Gasteiger partial charge < -0.3 is 10.1 Å². The highest BCUT2D eigenvalue weighted by Gasteiger charge is 2.31. The Bertz CT molecular complexity index is 716. The lowest BCUT2D eigenvalue weighted by atomic mass is 10.1. The van der Waals surface area contributed by atoms with Gasteiger partial charge in [-0.25, -0.2) is 4.79 Å². The number of thiophene rings is 1. The molecule has 0 bridgehead atoms. The molecule has 0 radical (unpaired) electrons. The number of amides is 1. The first-order chi connectivity index (χ1) is 10.1. The quantitative estimate of drug-likeness (QED) is 0.875. The summed E-state index contributed by atoms with van der Waals surface area (Å²) >= 11 is 1.43. The van der Waals surface area contributed by atoms with E-state index >= 15 is 0 Å². The largest absolute Gasteiger partial charge is 0.462 e. The molecule has 1 aromatic heterocycles. The van der Waals surface area contributed by atoms with Crippen LogP contribution in [0.15, 0.2) is 18.2 Å². The molecule has 1 saturated carbocycles. The number of anilines is 1. The maximum atomic E-state index is 12.3. The molecule has 110 valence electrons. The van der Waals surface area contributed by atoms with Crippen molar-refractivity contribution in [1.29, 1.82) is 0 Å². The Labute approximate surface area is 127 Å². The monoisotopic (exact) mass is 303 g/mol. The van der Waals surface area contributed by atoms with Gasteiger partial charge in [0.05, 0.1) is 6.61 Å². The molecule has 4 nitrogen and oxygen atoms in total. The van der Waals surface area contributed by atoms with Gasteiger partial charge in [0.15, 0.2) is 0 Å². The predicted molar refractivity (Wildman–Crippen MR) is 83.9 cm³/mol. The van der Waals surface area contributed by atoms with Crippen molar-refractivity contribution in [2.24, 2.45) is 5.92 Å². The van der Waals surface area contributed by atoms with Crippen molar-refractivity contribution < 1.29 is 14.3 Å². The minimum Gasteiger partial charge on any atom is -0.462 e. The Morgan fingerprint density at radius 1 is 1.38 bits per heavy atom. The van der Waals surface area contributed by atoms with E-state index in [9.17, 15) is 9.59 Å². The first-order valence-corrected chi connectivity index (χ1v) is 7.93. The highest BCUT2D eigenvalue weighted by Crippen LogP contribution is 2.38. The molecule has 0 unspecified atom stereocenters. The summed E-state index contributed by atoms with van der Waals surface area (Å²) in [5.74, 6) is -0.267. The number of carbonyl (C=O) groups excluding carboxylic acids is 2. The van der Waals surface area contributed by atoms with Crippen LogP contribution in [0.5, 0.6) is 0 Å². The third-order valence-corrected chi connectivity index (χ3v) is 4.59. The van der Waals surface area contributed by atoms with Crippen LogP contribution in [0.25, 0.3) is 10.1 Å². The fourth-order valence-corrected chi connectivity index (χ4v) is 3.34. The molecule has 1 fully saturated rings. The smallest absolute Gasteiger partial charge is 0.341 e. The first-order valence-electron chi connectivity index (χ1n) is 7.11. The van der Waals surface area contributed by atoms with Crippen LogP contribution in [-0.4, -0.2) is 18.5 Å². The molecule has 1 N–H and O–H groups in total. The second-order valence-electron chi connectivity index (χ2n) is 5.29. The van der Waals surface area contributed by atoms with Crippen LogP contribution in [0.1, 0.15) is 35.7 Å². The number of esters is 1. The highest BCUT2D eigenvalue weighted by atomic mass is 32.1. The first kappa shape index (κ1) is 14.1.